The van der Waals surface area contributed by atoms with E-state index in [1.54, 1.807) is 0 Å². The number of hydrogen-bond acceptors (Lipinski definition) is 5. The molecule has 18 heavy (non-hydrogen) atoms. The standard InChI is InChI=1S/C13H18N2O3/c14-8-11(15-3-5-16-6-4-15)10-1-2-12-13(7-10)18-9-17-12/h1-2,7,11H,3-6,8-9,14H2/t11-/m0/s1. The zero-order valence-electron chi connectivity index (χ0n) is 10.3. The first-order valence-electron chi connectivity index (χ1n) is 6.30. The van der Waals surface area contributed by atoms with Gasteiger partial charge in [-0.05, 0) is 17.7 Å². The molecule has 0 aromatic heterocycles. The van der Waals surface area contributed by atoms with Crippen molar-refractivity contribution < 1.29 is 14.2 Å². The summed E-state index contributed by atoms with van der Waals surface area (Å²) in [5.74, 6) is 1.63. The highest BCUT2D eigenvalue weighted by molar-refractivity contribution is 5.45. The van der Waals surface area contributed by atoms with Crippen LogP contribution in [0.2, 0.25) is 0 Å². The lowest BCUT2D eigenvalue weighted by Crippen LogP contribution is -2.41. The van der Waals surface area contributed by atoms with E-state index in [2.05, 4.69) is 11.0 Å². The Labute approximate surface area is 106 Å². The number of benzene rings is 1. The predicted molar refractivity (Wildman–Crippen MR) is 66.8 cm³/mol. The van der Waals surface area contributed by atoms with Gasteiger partial charge in [-0.1, -0.05) is 6.07 Å². The molecule has 2 aliphatic heterocycles. The number of fused-ring (bicyclic) bond motifs is 1. The minimum absolute atomic E-state index is 0.225. The summed E-state index contributed by atoms with van der Waals surface area (Å²) in [6.45, 7) is 4.32. The smallest absolute Gasteiger partial charge is 0.231 e. The minimum Gasteiger partial charge on any atom is -0.454 e. The number of nitrogens with two attached hydrogens (primary N) is 1. The molecule has 1 aromatic carbocycles. The van der Waals surface area contributed by atoms with Gasteiger partial charge in [-0.15, -0.1) is 0 Å². The van der Waals surface area contributed by atoms with Crippen molar-refractivity contribution in [3.8, 4) is 11.5 Å². The Morgan fingerprint density at radius 2 is 1.94 bits per heavy atom. The van der Waals surface area contributed by atoms with E-state index in [1.165, 1.54) is 5.56 Å². The van der Waals surface area contributed by atoms with Crippen molar-refractivity contribution in [1.29, 1.82) is 0 Å². The lowest BCUT2D eigenvalue weighted by Gasteiger charge is -2.34. The molecule has 2 aliphatic rings. The summed E-state index contributed by atoms with van der Waals surface area (Å²) in [5, 5.41) is 0. The van der Waals surface area contributed by atoms with Crippen LogP contribution in [-0.4, -0.2) is 44.5 Å². The van der Waals surface area contributed by atoms with E-state index in [4.69, 9.17) is 19.9 Å². The Morgan fingerprint density at radius 1 is 1.17 bits per heavy atom. The molecule has 2 heterocycles. The van der Waals surface area contributed by atoms with Gasteiger partial charge in [0.25, 0.3) is 0 Å². The number of hydrogen-bond donors (Lipinski definition) is 1. The number of rotatable bonds is 3. The molecule has 5 heteroatoms. The first-order valence-corrected chi connectivity index (χ1v) is 6.30. The summed E-state index contributed by atoms with van der Waals surface area (Å²) < 4.78 is 16.1. The van der Waals surface area contributed by atoms with Gasteiger partial charge in [-0.3, -0.25) is 4.90 Å². The van der Waals surface area contributed by atoms with Gasteiger partial charge in [0.15, 0.2) is 11.5 Å². The number of ether oxygens (including phenoxy) is 3. The van der Waals surface area contributed by atoms with Crippen LogP contribution in [0.25, 0.3) is 0 Å². The van der Waals surface area contributed by atoms with Crippen molar-refractivity contribution in [1.82, 2.24) is 4.90 Å². The maximum absolute atomic E-state index is 5.93. The number of morpholine rings is 1. The molecule has 0 spiro atoms. The molecule has 2 N–H and O–H groups in total. The highest BCUT2D eigenvalue weighted by Crippen LogP contribution is 2.35. The zero-order chi connectivity index (χ0) is 12.4. The summed E-state index contributed by atoms with van der Waals surface area (Å²) in [5.41, 5.74) is 7.11. The Kier molecular flexibility index (Phi) is 3.36. The molecule has 1 atom stereocenters. The van der Waals surface area contributed by atoms with Crippen LogP contribution in [0, 0.1) is 0 Å². The second-order valence-corrected chi connectivity index (χ2v) is 4.51. The van der Waals surface area contributed by atoms with Crippen molar-refractivity contribution in [2.45, 2.75) is 6.04 Å². The molecule has 0 bridgehead atoms. The van der Waals surface area contributed by atoms with Gasteiger partial charge in [0, 0.05) is 25.7 Å². The zero-order valence-corrected chi connectivity index (χ0v) is 10.3. The molecule has 0 amide bonds. The molecule has 1 saturated heterocycles. The van der Waals surface area contributed by atoms with Gasteiger partial charge >= 0.3 is 0 Å². The van der Waals surface area contributed by atoms with E-state index in [9.17, 15) is 0 Å². The van der Waals surface area contributed by atoms with Gasteiger partial charge in [0.1, 0.15) is 0 Å². The fraction of sp³-hybridized carbons (Fsp3) is 0.538. The lowest BCUT2D eigenvalue weighted by molar-refractivity contribution is 0.0178. The molecule has 1 aromatic rings. The third-order valence-corrected chi connectivity index (χ3v) is 3.49. The molecule has 0 unspecified atom stereocenters. The highest BCUT2D eigenvalue weighted by atomic mass is 16.7. The second-order valence-electron chi connectivity index (χ2n) is 4.51. The first-order chi connectivity index (χ1) is 8.88. The largest absolute Gasteiger partial charge is 0.454 e. The molecule has 0 saturated carbocycles. The maximum atomic E-state index is 5.93. The fourth-order valence-electron chi connectivity index (χ4n) is 2.51. The van der Waals surface area contributed by atoms with Crippen molar-refractivity contribution in [3.05, 3.63) is 23.8 Å². The third kappa shape index (κ3) is 2.16. The summed E-state index contributed by atoms with van der Waals surface area (Å²) in [6, 6.07) is 6.29. The van der Waals surface area contributed by atoms with Crippen LogP contribution in [-0.2, 0) is 4.74 Å². The molecule has 5 nitrogen and oxygen atoms in total. The van der Waals surface area contributed by atoms with E-state index in [0.717, 1.165) is 37.8 Å². The van der Waals surface area contributed by atoms with Crippen molar-refractivity contribution in [3.63, 3.8) is 0 Å². The number of nitrogens with zero attached hydrogens (tertiary/aromatic N) is 1. The van der Waals surface area contributed by atoms with Crippen LogP contribution < -0.4 is 15.2 Å². The second kappa shape index (κ2) is 5.14. The molecule has 0 radical (unpaired) electrons. The van der Waals surface area contributed by atoms with E-state index in [-0.39, 0.29) is 6.04 Å². The predicted octanol–water partition coefficient (Wildman–Crippen LogP) is 0.747. The van der Waals surface area contributed by atoms with Crippen LogP contribution >= 0.6 is 0 Å². The van der Waals surface area contributed by atoms with Gasteiger partial charge in [0.05, 0.1) is 13.2 Å². The Bertz CT molecular complexity index is 419. The molecule has 0 aliphatic carbocycles. The van der Waals surface area contributed by atoms with Crippen LogP contribution in [0.1, 0.15) is 11.6 Å². The van der Waals surface area contributed by atoms with Crippen LogP contribution in [0.5, 0.6) is 11.5 Å². The van der Waals surface area contributed by atoms with E-state index in [0.29, 0.717) is 13.3 Å². The molecular weight excluding hydrogens is 232 g/mol. The van der Waals surface area contributed by atoms with E-state index < -0.39 is 0 Å². The Balaban J connectivity index is 1.82. The molecule has 1 fully saturated rings. The maximum Gasteiger partial charge on any atom is 0.231 e. The minimum atomic E-state index is 0.225. The van der Waals surface area contributed by atoms with Gasteiger partial charge in [-0.25, -0.2) is 0 Å². The average molecular weight is 250 g/mol. The van der Waals surface area contributed by atoms with Crippen molar-refractivity contribution >= 4 is 0 Å². The van der Waals surface area contributed by atoms with Crippen molar-refractivity contribution in [2.75, 3.05) is 39.6 Å². The van der Waals surface area contributed by atoms with Gasteiger partial charge in [-0.2, -0.15) is 0 Å². The monoisotopic (exact) mass is 250 g/mol. The average Bonchev–Trinajstić information content (AvgIpc) is 2.88. The van der Waals surface area contributed by atoms with Crippen LogP contribution in [0.15, 0.2) is 18.2 Å². The molecule has 98 valence electrons. The van der Waals surface area contributed by atoms with Crippen molar-refractivity contribution in [2.24, 2.45) is 5.73 Å². The summed E-state index contributed by atoms with van der Waals surface area (Å²) in [7, 11) is 0. The quantitative estimate of drug-likeness (QED) is 0.857. The van der Waals surface area contributed by atoms with E-state index in [1.807, 2.05) is 12.1 Å². The molecular formula is C13H18N2O3. The normalized spacial score (nSPS) is 20.9. The lowest BCUT2D eigenvalue weighted by atomic mass is 10.0. The van der Waals surface area contributed by atoms with E-state index >= 15 is 0 Å². The summed E-state index contributed by atoms with van der Waals surface area (Å²) in [6.07, 6.45) is 0. The first kappa shape index (κ1) is 11.8. The van der Waals surface area contributed by atoms with Gasteiger partial charge in [0.2, 0.25) is 6.79 Å². The third-order valence-electron chi connectivity index (χ3n) is 3.49. The molecule has 3 rings (SSSR count). The van der Waals surface area contributed by atoms with Gasteiger partial charge < -0.3 is 19.9 Å². The Morgan fingerprint density at radius 3 is 2.72 bits per heavy atom. The summed E-state index contributed by atoms with van der Waals surface area (Å²) in [4.78, 5) is 2.36. The van der Waals surface area contributed by atoms with Crippen LogP contribution in [0.4, 0.5) is 0 Å². The Hall–Kier alpha value is -1.30. The SMILES string of the molecule is NC[C@@H](c1ccc2c(c1)OCO2)N1CCOCC1. The topological polar surface area (TPSA) is 57.0 Å². The highest BCUT2D eigenvalue weighted by Gasteiger charge is 2.23. The fourth-order valence-corrected chi connectivity index (χ4v) is 2.51. The van der Waals surface area contributed by atoms with Crippen LogP contribution in [0.3, 0.4) is 0 Å². The summed E-state index contributed by atoms with van der Waals surface area (Å²) >= 11 is 0.